The van der Waals surface area contributed by atoms with Crippen molar-refractivity contribution in [3.63, 3.8) is 0 Å². The lowest BCUT2D eigenvalue weighted by molar-refractivity contribution is -0.159. The Morgan fingerprint density at radius 2 is 1.96 bits per heavy atom. The maximum Gasteiger partial charge on any atom is 0.471 e. The summed E-state index contributed by atoms with van der Waals surface area (Å²) in [5.74, 6) is -0.230. The van der Waals surface area contributed by atoms with Crippen LogP contribution in [0.1, 0.15) is 29.9 Å². The van der Waals surface area contributed by atoms with Gasteiger partial charge < -0.3 is 14.1 Å². The number of alkyl halides is 3. The lowest BCUT2D eigenvalue weighted by Gasteiger charge is -2.13. The molecular formula is C19H20F3N3O3. The van der Waals surface area contributed by atoms with E-state index in [2.05, 4.69) is 33.1 Å². The molecule has 150 valence electrons. The molecule has 1 heterocycles. The standard InChI is InChI=1S/C19H20F3N3O3/c1-5-7-15(27-23-4)8-6-9-26-16-12(2)10-14(11-13(16)3)17-24-18(28-25-17)19(20,21)22/h5,7,10-11H,1,4,6,8-9H2,2-3H3/b15-7-. The number of oxime groups is 1. The van der Waals surface area contributed by atoms with E-state index in [1.165, 1.54) is 0 Å². The Kier molecular flexibility index (Phi) is 6.97. The van der Waals surface area contributed by atoms with Gasteiger partial charge in [-0.2, -0.15) is 18.2 Å². The van der Waals surface area contributed by atoms with Gasteiger partial charge in [-0.25, -0.2) is 0 Å². The second-order valence-corrected chi connectivity index (χ2v) is 5.90. The van der Waals surface area contributed by atoms with Crippen molar-refractivity contribution < 1.29 is 27.3 Å². The van der Waals surface area contributed by atoms with Crippen LogP contribution in [0.15, 0.2) is 46.3 Å². The Morgan fingerprint density at radius 3 is 2.50 bits per heavy atom. The highest BCUT2D eigenvalue weighted by atomic mass is 19.4. The first-order valence-electron chi connectivity index (χ1n) is 8.36. The highest BCUT2D eigenvalue weighted by molar-refractivity contribution is 5.61. The normalized spacial score (nSPS) is 12.0. The molecule has 0 spiro atoms. The Labute approximate surface area is 160 Å². The third-order valence-electron chi connectivity index (χ3n) is 3.69. The Hall–Kier alpha value is -3.10. The number of hydrogen-bond acceptors (Lipinski definition) is 6. The van der Waals surface area contributed by atoms with Crippen molar-refractivity contribution in [3.05, 3.63) is 53.6 Å². The highest BCUT2D eigenvalue weighted by Gasteiger charge is 2.38. The quantitative estimate of drug-likeness (QED) is 0.191. The number of rotatable bonds is 9. The van der Waals surface area contributed by atoms with Gasteiger partial charge in [0.2, 0.25) is 5.82 Å². The molecule has 0 fully saturated rings. The molecule has 6 nitrogen and oxygen atoms in total. The third-order valence-corrected chi connectivity index (χ3v) is 3.69. The number of hydrogen-bond donors (Lipinski definition) is 0. The Morgan fingerprint density at radius 1 is 1.29 bits per heavy atom. The molecule has 0 atom stereocenters. The van der Waals surface area contributed by atoms with Crippen molar-refractivity contribution in [1.29, 1.82) is 0 Å². The summed E-state index contributed by atoms with van der Waals surface area (Å²) in [4.78, 5) is 8.43. The van der Waals surface area contributed by atoms with Crippen LogP contribution < -0.4 is 4.74 Å². The molecule has 28 heavy (non-hydrogen) atoms. The van der Waals surface area contributed by atoms with Gasteiger partial charge in [-0.3, -0.25) is 0 Å². The van der Waals surface area contributed by atoms with Crippen molar-refractivity contribution in [2.45, 2.75) is 32.9 Å². The van der Waals surface area contributed by atoms with Crippen LogP contribution >= 0.6 is 0 Å². The van der Waals surface area contributed by atoms with Crippen LogP contribution in [-0.2, 0) is 11.0 Å². The van der Waals surface area contributed by atoms with Crippen LogP contribution in [0.2, 0.25) is 0 Å². The highest BCUT2D eigenvalue weighted by Crippen LogP contribution is 2.32. The van der Waals surface area contributed by atoms with E-state index in [1.807, 2.05) is 0 Å². The molecule has 0 N–H and O–H groups in total. The lowest BCUT2D eigenvalue weighted by Crippen LogP contribution is -2.05. The summed E-state index contributed by atoms with van der Waals surface area (Å²) in [6.07, 6.45) is -0.140. The molecule has 0 aliphatic rings. The van der Waals surface area contributed by atoms with E-state index in [1.54, 1.807) is 38.1 Å². The number of allylic oxidation sites excluding steroid dienone is 3. The second kappa shape index (κ2) is 9.20. The van der Waals surface area contributed by atoms with E-state index in [0.717, 1.165) is 11.1 Å². The van der Waals surface area contributed by atoms with E-state index in [4.69, 9.17) is 9.57 Å². The van der Waals surface area contributed by atoms with Crippen LogP contribution in [0.4, 0.5) is 13.2 Å². The molecule has 0 unspecified atom stereocenters. The van der Waals surface area contributed by atoms with Gasteiger partial charge in [0, 0.05) is 18.7 Å². The van der Waals surface area contributed by atoms with Gasteiger partial charge in [0.05, 0.1) is 6.61 Å². The zero-order chi connectivity index (χ0) is 20.7. The smallest absolute Gasteiger partial charge is 0.471 e. The van der Waals surface area contributed by atoms with Crippen LogP contribution in [0.3, 0.4) is 0 Å². The molecule has 2 rings (SSSR count). The SMILES string of the molecule is C=C/C=C(/CCCOc1c(C)cc(-c2noc(C(F)(F)F)n2)cc1C)ON=C. The number of benzene rings is 1. The fraction of sp³-hybridized carbons (Fsp3) is 0.316. The first-order chi connectivity index (χ1) is 13.3. The van der Waals surface area contributed by atoms with E-state index < -0.39 is 12.1 Å². The summed E-state index contributed by atoms with van der Waals surface area (Å²) in [6, 6.07) is 3.31. The predicted octanol–water partition coefficient (Wildman–Crippen LogP) is 5.23. The molecule has 0 aliphatic carbocycles. The van der Waals surface area contributed by atoms with Crippen molar-refractivity contribution in [1.82, 2.24) is 10.1 Å². The van der Waals surface area contributed by atoms with Gasteiger partial charge in [0.25, 0.3) is 0 Å². The van der Waals surface area contributed by atoms with Crippen LogP contribution in [0, 0.1) is 13.8 Å². The lowest BCUT2D eigenvalue weighted by atomic mass is 10.1. The summed E-state index contributed by atoms with van der Waals surface area (Å²) < 4.78 is 48.0. The van der Waals surface area contributed by atoms with Gasteiger partial charge in [0.1, 0.15) is 11.5 Å². The third kappa shape index (κ3) is 5.45. The molecular weight excluding hydrogens is 375 g/mol. The van der Waals surface area contributed by atoms with Crippen molar-refractivity contribution in [2.75, 3.05) is 6.61 Å². The van der Waals surface area contributed by atoms with Gasteiger partial charge >= 0.3 is 12.1 Å². The summed E-state index contributed by atoms with van der Waals surface area (Å²) in [5, 5.41) is 6.78. The van der Waals surface area contributed by atoms with Gasteiger partial charge in [-0.05, 0) is 49.6 Å². The van der Waals surface area contributed by atoms with E-state index in [-0.39, 0.29) is 5.82 Å². The predicted molar refractivity (Wildman–Crippen MR) is 97.9 cm³/mol. The number of aromatic nitrogens is 2. The fourth-order valence-corrected chi connectivity index (χ4v) is 2.56. The van der Waals surface area contributed by atoms with Crippen LogP contribution in [0.25, 0.3) is 11.4 Å². The average Bonchev–Trinajstić information content (AvgIpc) is 3.11. The molecule has 1 aromatic heterocycles. The molecule has 0 amide bonds. The van der Waals surface area contributed by atoms with Gasteiger partial charge in [-0.1, -0.05) is 23.0 Å². The molecule has 0 radical (unpaired) electrons. The first-order valence-corrected chi connectivity index (χ1v) is 8.36. The molecule has 9 heteroatoms. The van der Waals surface area contributed by atoms with E-state index in [0.29, 0.717) is 36.5 Å². The van der Waals surface area contributed by atoms with Crippen molar-refractivity contribution in [3.8, 4) is 17.1 Å². The fourth-order valence-electron chi connectivity index (χ4n) is 2.56. The zero-order valence-corrected chi connectivity index (χ0v) is 15.5. The topological polar surface area (TPSA) is 69.7 Å². The maximum atomic E-state index is 12.6. The van der Waals surface area contributed by atoms with Crippen molar-refractivity contribution in [2.24, 2.45) is 5.16 Å². The molecule has 2 aromatic rings. The Balaban J connectivity index is 2.06. The minimum atomic E-state index is -4.68. The zero-order valence-electron chi connectivity index (χ0n) is 15.5. The minimum absolute atomic E-state index is 0.127. The number of nitrogens with zero attached hydrogens (tertiary/aromatic N) is 3. The number of ether oxygens (including phenoxy) is 1. The minimum Gasteiger partial charge on any atom is -0.493 e. The molecule has 1 aromatic carbocycles. The monoisotopic (exact) mass is 395 g/mol. The van der Waals surface area contributed by atoms with Crippen molar-refractivity contribution >= 4 is 6.72 Å². The van der Waals surface area contributed by atoms with E-state index >= 15 is 0 Å². The number of halogens is 3. The summed E-state index contributed by atoms with van der Waals surface area (Å²) >= 11 is 0. The maximum absolute atomic E-state index is 12.6. The molecule has 0 saturated carbocycles. The first kappa shape index (κ1) is 21.2. The number of aryl methyl sites for hydroxylation is 2. The van der Waals surface area contributed by atoms with Gasteiger partial charge in [-0.15, -0.1) is 0 Å². The summed E-state index contributed by atoms with van der Waals surface area (Å²) in [5.41, 5.74) is 1.92. The summed E-state index contributed by atoms with van der Waals surface area (Å²) in [6.45, 7) is 10.9. The van der Waals surface area contributed by atoms with Gasteiger partial charge in [0.15, 0.2) is 0 Å². The molecule has 0 aliphatic heterocycles. The Bertz CT molecular complexity index is 850. The largest absolute Gasteiger partial charge is 0.493 e. The van der Waals surface area contributed by atoms with Crippen LogP contribution in [0.5, 0.6) is 5.75 Å². The van der Waals surface area contributed by atoms with E-state index in [9.17, 15) is 13.2 Å². The molecule has 0 bridgehead atoms. The second-order valence-electron chi connectivity index (χ2n) is 5.90. The summed E-state index contributed by atoms with van der Waals surface area (Å²) in [7, 11) is 0. The average molecular weight is 395 g/mol. The van der Waals surface area contributed by atoms with Crippen LogP contribution in [-0.4, -0.2) is 23.5 Å². The molecule has 0 saturated heterocycles.